The van der Waals surface area contributed by atoms with Crippen molar-refractivity contribution >= 4 is 48.5 Å². The second kappa shape index (κ2) is 6.92. The summed E-state index contributed by atoms with van der Waals surface area (Å²) in [5, 5.41) is 1.07. The molecule has 5 rings (SSSR count). The van der Waals surface area contributed by atoms with Crippen LogP contribution >= 0.6 is 31.9 Å². The van der Waals surface area contributed by atoms with Crippen LogP contribution in [-0.2, 0) is 19.4 Å². The molecule has 0 atom stereocenters. The van der Waals surface area contributed by atoms with Crippen LogP contribution < -0.4 is 15.3 Å². The molecule has 1 aromatic heterocycles. The summed E-state index contributed by atoms with van der Waals surface area (Å²) in [6.07, 6.45) is 3.94. The third-order valence-electron chi connectivity index (χ3n) is 5.75. The maximum atomic E-state index is 12.5. The van der Waals surface area contributed by atoms with Gasteiger partial charge in [0.25, 0.3) is 0 Å². The van der Waals surface area contributed by atoms with E-state index in [2.05, 4.69) is 48.9 Å². The molecule has 2 aliphatic rings. The van der Waals surface area contributed by atoms with Crippen molar-refractivity contribution in [3.63, 3.8) is 0 Å². The number of hydrogen-bond acceptors (Lipinski definition) is 4. The molecule has 3 aromatic rings. The van der Waals surface area contributed by atoms with E-state index in [0.717, 1.165) is 74.7 Å². The van der Waals surface area contributed by atoms with Crippen molar-refractivity contribution < 1.29 is 9.15 Å². The van der Waals surface area contributed by atoms with E-state index in [0.29, 0.717) is 12.3 Å². The summed E-state index contributed by atoms with van der Waals surface area (Å²) in [6.45, 7) is 3.19. The van der Waals surface area contributed by atoms with Gasteiger partial charge in [0.15, 0.2) is 6.73 Å². The summed E-state index contributed by atoms with van der Waals surface area (Å²) in [4.78, 5) is 14.7. The van der Waals surface area contributed by atoms with E-state index in [1.807, 2.05) is 19.1 Å². The van der Waals surface area contributed by atoms with Gasteiger partial charge in [-0.3, -0.25) is 0 Å². The van der Waals surface area contributed by atoms with Crippen molar-refractivity contribution in [2.24, 2.45) is 0 Å². The van der Waals surface area contributed by atoms with Gasteiger partial charge in [-0.1, -0.05) is 15.9 Å². The molecule has 0 saturated carbocycles. The second-order valence-corrected chi connectivity index (χ2v) is 9.26. The van der Waals surface area contributed by atoms with Crippen LogP contribution in [0, 0.1) is 6.92 Å². The zero-order valence-electron chi connectivity index (χ0n) is 15.5. The first-order valence-corrected chi connectivity index (χ1v) is 11.1. The van der Waals surface area contributed by atoms with E-state index >= 15 is 0 Å². The largest absolute Gasteiger partial charge is 0.472 e. The maximum Gasteiger partial charge on any atom is 0.339 e. The standard InChI is InChI=1S/C22H19Br2NO3/c1-12-20-13(10-25(11-27-20)19-7-6-14(23)9-18(19)24)8-17-15-4-2-3-5-16(15)22(26)28-21(12)17/h6-9H,2-5,10-11H2,1H3. The molecule has 0 bridgehead atoms. The van der Waals surface area contributed by atoms with Crippen LogP contribution in [0.5, 0.6) is 5.75 Å². The van der Waals surface area contributed by atoms with Gasteiger partial charge >= 0.3 is 5.63 Å². The molecule has 6 heteroatoms. The molecule has 4 nitrogen and oxygen atoms in total. The van der Waals surface area contributed by atoms with Crippen molar-refractivity contribution in [1.29, 1.82) is 0 Å². The van der Waals surface area contributed by atoms with Crippen LogP contribution in [0.3, 0.4) is 0 Å². The summed E-state index contributed by atoms with van der Waals surface area (Å²) in [7, 11) is 0. The fourth-order valence-corrected chi connectivity index (χ4v) is 5.69. The van der Waals surface area contributed by atoms with Gasteiger partial charge in [-0.25, -0.2) is 4.79 Å². The van der Waals surface area contributed by atoms with Gasteiger partial charge in [0, 0.05) is 37.6 Å². The van der Waals surface area contributed by atoms with Gasteiger partial charge in [-0.05, 0) is 78.4 Å². The molecular formula is C22H19Br2NO3. The molecule has 0 radical (unpaired) electrons. The lowest BCUT2D eigenvalue weighted by atomic mass is 9.89. The fraction of sp³-hybridized carbons (Fsp3) is 0.318. The van der Waals surface area contributed by atoms with Gasteiger partial charge in [0.2, 0.25) is 0 Å². The first kappa shape index (κ1) is 18.3. The molecule has 0 amide bonds. The van der Waals surface area contributed by atoms with Crippen LogP contribution in [-0.4, -0.2) is 6.73 Å². The molecule has 0 saturated heterocycles. The monoisotopic (exact) mass is 503 g/mol. The summed E-state index contributed by atoms with van der Waals surface area (Å²) < 4.78 is 13.9. The minimum atomic E-state index is -0.179. The molecule has 1 aliphatic carbocycles. The highest BCUT2D eigenvalue weighted by atomic mass is 79.9. The van der Waals surface area contributed by atoms with E-state index < -0.39 is 0 Å². The molecular weight excluding hydrogens is 486 g/mol. The Kier molecular flexibility index (Phi) is 4.51. The van der Waals surface area contributed by atoms with E-state index in [-0.39, 0.29) is 5.63 Å². The van der Waals surface area contributed by atoms with Gasteiger partial charge < -0.3 is 14.1 Å². The Balaban J connectivity index is 1.64. The highest BCUT2D eigenvalue weighted by Crippen LogP contribution is 2.40. The predicted octanol–water partition coefficient (Wildman–Crippen LogP) is 5.86. The summed E-state index contributed by atoms with van der Waals surface area (Å²) in [5.41, 5.74) is 5.69. The molecule has 2 heterocycles. The van der Waals surface area contributed by atoms with Gasteiger partial charge in [0.05, 0.1) is 5.69 Å². The van der Waals surface area contributed by atoms with Gasteiger partial charge in [0.1, 0.15) is 11.3 Å². The van der Waals surface area contributed by atoms with Crippen molar-refractivity contribution in [3.05, 3.63) is 65.9 Å². The lowest BCUT2D eigenvalue weighted by molar-refractivity contribution is 0.287. The Morgan fingerprint density at radius 3 is 2.64 bits per heavy atom. The number of halogens is 2. The number of ether oxygens (including phenoxy) is 1. The Bertz CT molecular complexity index is 1170. The van der Waals surface area contributed by atoms with Crippen molar-refractivity contribution in [2.45, 2.75) is 39.2 Å². The van der Waals surface area contributed by atoms with E-state index in [4.69, 9.17) is 9.15 Å². The Labute approximate surface area is 179 Å². The van der Waals surface area contributed by atoms with Crippen molar-refractivity contribution in [3.8, 4) is 5.75 Å². The first-order valence-electron chi connectivity index (χ1n) is 9.47. The number of fused-ring (bicyclic) bond motifs is 4. The zero-order valence-corrected chi connectivity index (χ0v) is 18.7. The van der Waals surface area contributed by atoms with Crippen LogP contribution in [0.4, 0.5) is 5.69 Å². The highest BCUT2D eigenvalue weighted by Gasteiger charge is 2.26. The van der Waals surface area contributed by atoms with E-state index in [1.54, 1.807) is 0 Å². The molecule has 0 N–H and O–H groups in total. The molecule has 144 valence electrons. The van der Waals surface area contributed by atoms with Crippen molar-refractivity contribution in [1.82, 2.24) is 0 Å². The SMILES string of the molecule is Cc1c2c(cc3c4c(c(=O)oc13)CCCC4)CN(c1ccc(Br)cc1Br)CO2. The fourth-order valence-electron chi connectivity index (χ4n) is 4.39. The first-order chi connectivity index (χ1) is 13.5. The minimum Gasteiger partial charge on any atom is -0.472 e. The molecule has 1 aliphatic heterocycles. The van der Waals surface area contributed by atoms with Crippen LogP contribution in [0.2, 0.25) is 0 Å². The Morgan fingerprint density at radius 1 is 1.07 bits per heavy atom. The maximum absolute atomic E-state index is 12.5. The predicted molar refractivity (Wildman–Crippen MR) is 117 cm³/mol. The van der Waals surface area contributed by atoms with Crippen molar-refractivity contribution in [2.75, 3.05) is 11.6 Å². The van der Waals surface area contributed by atoms with E-state index in [9.17, 15) is 4.79 Å². The molecule has 2 aromatic carbocycles. The summed E-state index contributed by atoms with van der Waals surface area (Å²) in [6, 6.07) is 8.33. The quantitative estimate of drug-likeness (QED) is 0.389. The van der Waals surface area contributed by atoms with Crippen LogP contribution in [0.25, 0.3) is 11.0 Å². The normalized spacial score (nSPS) is 15.9. The van der Waals surface area contributed by atoms with Gasteiger partial charge in [-0.15, -0.1) is 0 Å². The number of anilines is 1. The number of hydrogen-bond donors (Lipinski definition) is 0. The number of aryl methyl sites for hydroxylation is 2. The molecule has 0 unspecified atom stereocenters. The minimum absolute atomic E-state index is 0.179. The van der Waals surface area contributed by atoms with Gasteiger partial charge in [-0.2, -0.15) is 0 Å². The highest BCUT2D eigenvalue weighted by molar-refractivity contribution is 9.11. The molecule has 0 fully saturated rings. The van der Waals surface area contributed by atoms with E-state index in [1.165, 1.54) is 5.56 Å². The Morgan fingerprint density at radius 2 is 1.86 bits per heavy atom. The Hall–Kier alpha value is -1.79. The molecule has 0 spiro atoms. The molecule has 28 heavy (non-hydrogen) atoms. The topological polar surface area (TPSA) is 42.7 Å². The number of rotatable bonds is 1. The lowest BCUT2D eigenvalue weighted by Gasteiger charge is -2.33. The second-order valence-electron chi connectivity index (χ2n) is 7.49. The smallest absolute Gasteiger partial charge is 0.339 e. The summed E-state index contributed by atoms with van der Waals surface area (Å²) >= 11 is 7.16. The average Bonchev–Trinajstić information content (AvgIpc) is 2.69. The summed E-state index contributed by atoms with van der Waals surface area (Å²) in [5.74, 6) is 0.843. The van der Waals surface area contributed by atoms with Crippen LogP contribution in [0.15, 0.2) is 42.4 Å². The lowest BCUT2D eigenvalue weighted by Crippen LogP contribution is -2.32. The number of nitrogens with zero attached hydrogens (tertiary/aromatic N) is 1. The average molecular weight is 505 g/mol. The zero-order chi connectivity index (χ0) is 19.4. The third-order valence-corrected chi connectivity index (χ3v) is 6.87. The van der Waals surface area contributed by atoms with Crippen LogP contribution in [0.1, 0.15) is 35.1 Å². The third kappa shape index (κ3) is 2.89. The number of benzene rings is 2.